The van der Waals surface area contributed by atoms with Gasteiger partial charge in [0.15, 0.2) is 0 Å². The molecule has 0 aromatic rings. The monoisotopic (exact) mass is 260 g/mol. The van der Waals surface area contributed by atoms with Crippen LogP contribution in [0.3, 0.4) is 0 Å². The fourth-order valence-electron chi connectivity index (χ4n) is 2.66. The van der Waals surface area contributed by atoms with E-state index in [2.05, 4.69) is 30.4 Å². The SMILES string of the molecule is COCC1(CN(C)C(C)CSC)CCNCC1. The first kappa shape index (κ1) is 15.3. The molecule has 0 aromatic heterocycles. The molecule has 1 rings (SSSR count). The molecule has 1 fully saturated rings. The lowest BCUT2D eigenvalue weighted by Gasteiger charge is -2.41. The van der Waals surface area contributed by atoms with E-state index in [-0.39, 0.29) is 0 Å². The van der Waals surface area contributed by atoms with Crippen molar-refractivity contribution in [1.29, 1.82) is 0 Å². The molecule has 0 aromatic carbocycles. The predicted octanol–water partition coefficient (Wildman–Crippen LogP) is 1.69. The van der Waals surface area contributed by atoms with E-state index in [1.165, 1.54) is 18.6 Å². The highest BCUT2D eigenvalue weighted by molar-refractivity contribution is 7.98. The van der Waals surface area contributed by atoms with Crippen molar-refractivity contribution in [3.8, 4) is 0 Å². The fraction of sp³-hybridized carbons (Fsp3) is 1.00. The summed E-state index contributed by atoms with van der Waals surface area (Å²) in [6.45, 7) is 6.63. The number of nitrogens with one attached hydrogen (secondary N) is 1. The van der Waals surface area contributed by atoms with Gasteiger partial charge in [-0.2, -0.15) is 11.8 Å². The van der Waals surface area contributed by atoms with Gasteiger partial charge in [-0.15, -0.1) is 0 Å². The molecular formula is C13H28N2OS. The first-order valence-electron chi connectivity index (χ1n) is 6.52. The van der Waals surface area contributed by atoms with Crippen LogP contribution in [0.25, 0.3) is 0 Å². The summed E-state index contributed by atoms with van der Waals surface area (Å²) in [5.41, 5.74) is 0.363. The van der Waals surface area contributed by atoms with Crippen molar-refractivity contribution >= 4 is 11.8 Å². The van der Waals surface area contributed by atoms with E-state index in [1.807, 2.05) is 18.9 Å². The molecule has 0 radical (unpaired) electrons. The minimum Gasteiger partial charge on any atom is -0.384 e. The Balaban J connectivity index is 2.52. The second kappa shape index (κ2) is 7.62. The van der Waals surface area contributed by atoms with E-state index in [0.29, 0.717) is 11.5 Å². The fourth-order valence-corrected chi connectivity index (χ4v) is 3.40. The lowest BCUT2D eigenvalue weighted by Crippen LogP contribution is -2.48. The highest BCUT2D eigenvalue weighted by atomic mass is 32.2. The molecule has 0 amide bonds. The van der Waals surface area contributed by atoms with E-state index >= 15 is 0 Å². The molecular weight excluding hydrogens is 232 g/mol. The first-order chi connectivity index (χ1) is 8.13. The number of nitrogens with zero attached hydrogens (tertiary/aromatic N) is 1. The zero-order valence-corrected chi connectivity index (χ0v) is 12.6. The van der Waals surface area contributed by atoms with Crippen molar-refractivity contribution in [1.82, 2.24) is 10.2 Å². The van der Waals surface area contributed by atoms with Gasteiger partial charge in [0.2, 0.25) is 0 Å². The maximum atomic E-state index is 5.47. The maximum Gasteiger partial charge on any atom is 0.0531 e. The summed E-state index contributed by atoms with van der Waals surface area (Å²) in [5.74, 6) is 1.21. The smallest absolute Gasteiger partial charge is 0.0531 e. The molecule has 1 N–H and O–H groups in total. The molecule has 0 spiro atoms. The molecule has 102 valence electrons. The number of ether oxygens (including phenoxy) is 1. The Kier molecular flexibility index (Phi) is 6.85. The van der Waals surface area contributed by atoms with Gasteiger partial charge in [0.25, 0.3) is 0 Å². The molecule has 17 heavy (non-hydrogen) atoms. The number of hydrogen-bond donors (Lipinski definition) is 1. The van der Waals surface area contributed by atoms with E-state index in [0.717, 1.165) is 26.2 Å². The Bertz CT molecular complexity index is 202. The van der Waals surface area contributed by atoms with Gasteiger partial charge in [-0.25, -0.2) is 0 Å². The molecule has 1 heterocycles. The lowest BCUT2D eigenvalue weighted by molar-refractivity contribution is 0.0225. The zero-order chi connectivity index (χ0) is 12.7. The summed E-state index contributed by atoms with van der Waals surface area (Å²) in [6.07, 6.45) is 4.65. The molecule has 0 saturated carbocycles. The van der Waals surface area contributed by atoms with E-state index in [9.17, 15) is 0 Å². The highest BCUT2D eigenvalue weighted by Gasteiger charge is 2.33. The van der Waals surface area contributed by atoms with Crippen LogP contribution >= 0.6 is 11.8 Å². The molecule has 3 nitrogen and oxygen atoms in total. The quantitative estimate of drug-likeness (QED) is 0.753. The number of methoxy groups -OCH3 is 1. The zero-order valence-electron chi connectivity index (χ0n) is 11.8. The normalized spacial score (nSPS) is 21.7. The van der Waals surface area contributed by atoms with E-state index < -0.39 is 0 Å². The van der Waals surface area contributed by atoms with Crippen LogP contribution in [-0.4, -0.2) is 63.3 Å². The van der Waals surface area contributed by atoms with Gasteiger partial charge in [0.05, 0.1) is 6.61 Å². The topological polar surface area (TPSA) is 24.5 Å². The Morgan fingerprint density at radius 1 is 1.41 bits per heavy atom. The summed E-state index contributed by atoms with van der Waals surface area (Å²) >= 11 is 1.93. The molecule has 1 saturated heterocycles. The predicted molar refractivity (Wildman–Crippen MR) is 76.9 cm³/mol. The third-order valence-corrected chi connectivity index (χ3v) is 4.68. The van der Waals surface area contributed by atoms with Crippen LogP contribution < -0.4 is 5.32 Å². The summed E-state index contributed by atoms with van der Waals surface area (Å²) in [5, 5.41) is 3.45. The van der Waals surface area contributed by atoms with Crippen LogP contribution in [0.4, 0.5) is 0 Å². The van der Waals surface area contributed by atoms with Crippen molar-refractivity contribution < 1.29 is 4.74 Å². The van der Waals surface area contributed by atoms with Crippen LogP contribution in [0.2, 0.25) is 0 Å². The molecule has 1 atom stereocenters. The minimum atomic E-state index is 0.363. The van der Waals surface area contributed by atoms with Crippen molar-refractivity contribution in [2.75, 3.05) is 52.4 Å². The van der Waals surface area contributed by atoms with Crippen LogP contribution in [-0.2, 0) is 4.74 Å². The van der Waals surface area contributed by atoms with Gasteiger partial charge in [0, 0.05) is 30.9 Å². The Labute approximate surface area is 111 Å². The average molecular weight is 260 g/mol. The molecule has 0 aliphatic carbocycles. The summed E-state index contributed by atoms with van der Waals surface area (Å²) < 4.78 is 5.47. The second-order valence-electron chi connectivity index (χ2n) is 5.40. The van der Waals surface area contributed by atoms with Gasteiger partial charge in [-0.05, 0) is 46.2 Å². The number of hydrogen-bond acceptors (Lipinski definition) is 4. The van der Waals surface area contributed by atoms with Crippen LogP contribution in [0.1, 0.15) is 19.8 Å². The maximum absolute atomic E-state index is 5.47. The Morgan fingerprint density at radius 3 is 2.59 bits per heavy atom. The van der Waals surface area contributed by atoms with E-state index in [1.54, 1.807) is 0 Å². The average Bonchev–Trinajstić information content (AvgIpc) is 2.30. The van der Waals surface area contributed by atoms with Crippen molar-refractivity contribution in [2.24, 2.45) is 5.41 Å². The van der Waals surface area contributed by atoms with Gasteiger partial charge < -0.3 is 15.0 Å². The third kappa shape index (κ3) is 4.78. The standard InChI is InChI=1S/C13H28N2OS/c1-12(9-17-4)15(2)10-13(11-16-3)5-7-14-8-6-13/h12,14H,5-11H2,1-4H3. The number of rotatable bonds is 7. The number of thioether (sulfide) groups is 1. The van der Waals surface area contributed by atoms with Crippen molar-refractivity contribution in [3.05, 3.63) is 0 Å². The van der Waals surface area contributed by atoms with Crippen LogP contribution in [0.15, 0.2) is 0 Å². The molecule has 4 heteroatoms. The Hall–Kier alpha value is 0.230. The third-order valence-electron chi connectivity index (χ3n) is 3.86. The molecule has 1 aliphatic rings. The first-order valence-corrected chi connectivity index (χ1v) is 7.92. The van der Waals surface area contributed by atoms with Crippen molar-refractivity contribution in [3.63, 3.8) is 0 Å². The summed E-state index contributed by atoms with van der Waals surface area (Å²) in [6, 6.07) is 0.647. The molecule has 1 unspecified atom stereocenters. The van der Waals surface area contributed by atoms with Gasteiger partial charge in [-0.3, -0.25) is 0 Å². The number of piperidine rings is 1. The minimum absolute atomic E-state index is 0.363. The van der Waals surface area contributed by atoms with E-state index in [4.69, 9.17) is 4.74 Å². The van der Waals surface area contributed by atoms with Gasteiger partial charge >= 0.3 is 0 Å². The Morgan fingerprint density at radius 2 is 2.06 bits per heavy atom. The molecule has 0 bridgehead atoms. The van der Waals surface area contributed by atoms with Crippen LogP contribution in [0.5, 0.6) is 0 Å². The molecule has 1 aliphatic heterocycles. The second-order valence-corrected chi connectivity index (χ2v) is 6.31. The van der Waals surface area contributed by atoms with Gasteiger partial charge in [-0.1, -0.05) is 0 Å². The van der Waals surface area contributed by atoms with Gasteiger partial charge in [0.1, 0.15) is 0 Å². The van der Waals surface area contributed by atoms with Crippen molar-refractivity contribution in [2.45, 2.75) is 25.8 Å². The summed E-state index contributed by atoms with van der Waals surface area (Å²) in [7, 11) is 4.08. The summed E-state index contributed by atoms with van der Waals surface area (Å²) in [4.78, 5) is 2.50. The lowest BCUT2D eigenvalue weighted by atomic mass is 9.79. The largest absolute Gasteiger partial charge is 0.384 e. The highest BCUT2D eigenvalue weighted by Crippen LogP contribution is 2.30. The van der Waals surface area contributed by atoms with Crippen LogP contribution in [0, 0.1) is 5.41 Å².